The number of hydrogen-bond acceptors (Lipinski definition) is 8. The molecule has 4 rings (SSSR count). The van der Waals surface area contributed by atoms with E-state index in [-0.39, 0.29) is 17.2 Å². The molecule has 0 atom stereocenters. The minimum atomic E-state index is -0.652. The fraction of sp³-hybridized carbons (Fsp3) is 0.436. The maximum Gasteiger partial charge on any atom is 0.508 e. The summed E-state index contributed by atoms with van der Waals surface area (Å²) in [7, 11) is 0. The summed E-state index contributed by atoms with van der Waals surface area (Å²) in [6.45, 7) is 7.49. The van der Waals surface area contributed by atoms with Gasteiger partial charge in [-0.1, -0.05) is 76.1 Å². The van der Waals surface area contributed by atoms with Gasteiger partial charge < -0.3 is 28.4 Å². The third-order valence-corrected chi connectivity index (χ3v) is 7.93. The van der Waals surface area contributed by atoms with Crippen LogP contribution in [0, 0.1) is 11.7 Å². The molecular weight excluding hydrogens is 615 g/mol. The van der Waals surface area contributed by atoms with Crippen LogP contribution in [0.2, 0.25) is 0 Å². The average molecular weight is 663 g/mol. The van der Waals surface area contributed by atoms with Crippen molar-refractivity contribution in [1.29, 1.82) is 0 Å². The molecule has 1 aliphatic rings. The topological polar surface area (TPSA) is 89.5 Å². The summed E-state index contributed by atoms with van der Waals surface area (Å²) in [4.78, 5) is 22.6. The van der Waals surface area contributed by atoms with Crippen molar-refractivity contribution in [1.82, 2.24) is 0 Å². The Morgan fingerprint density at radius 3 is 1.67 bits per heavy atom. The monoisotopic (exact) mass is 662 g/mol. The average Bonchev–Trinajstić information content (AvgIpc) is 3.09. The number of cyclic esters (lactones) is 2. The number of rotatable bonds is 21. The molecule has 0 unspecified atom stereocenters. The fourth-order valence-electron chi connectivity index (χ4n) is 5.10. The van der Waals surface area contributed by atoms with E-state index in [0.29, 0.717) is 38.6 Å². The van der Waals surface area contributed by atoms with Crippen LogP contribution in [0.4, 0.5) is 9.18 Å². The van der Waals surface area contributed by atoms with Gasteiger partial charge in [-0.25, -0.2) is 14.0 Å². The first-order chi connectivity index (χ1) is 23.4. The van der Waals surface area contributed by atoms with E-state index in [1.807, 2.05) is 48.5 Å². The van der Waals surface area contributed by atoms with Crippen LogP contribution in [-0.2, 0) is 14.3 Å². The van der Waals surface area contributed by atoms with E-state index in [2.05, 4.69) is 6.58 Å². The number of unbranched alkanes of at least 4 members (excludes halogenated alkanes) is 9. The van der Waals surface area contributed by atoms with Crippen LogP contribution in [0.25, 0.3) is 11.1 Å². The van der Waals surface area contributed by atoms with Gasteiger partial charge in [0.1, 0.15) is 30.5 Å². The van der Waals surface area contributed by atoms with Gasteiger partial charge in [0.2, 0.25) is 0 Å². The molecule has 0 N–H and O–H groups in total. The van der Waals surface area contributed by atoms with E-state index < -0.39 is 17.9 Å². The molecule has 0 amide bonds. The summed E-state index contributed by atoms with van der Waals surface area (Å²) >= 11 is 0. The normalized spacial score (nSPS) is 12.9. The van der Waals surface area contributed by atoms with Gasteiger partial charge >= 0.3 is 12.1 Å². The number of halogens is 1. The number of carbonyl (C=O) groups is 2. The zero-order valence-electron chi connectivity index (χ0n) is 27.9. The first kappa shape index (κ1) is 36.3. The first-order valence-electron chi connectivity index (χ1n) is 16.9. The summed E-state index contributed by atoms with van der Waals surface area (Å²) in [5.74, 6) is 1.05. The maximum atomic E-state index is 14.4. The van der Waals surface area contributed by atoms with Gasteiger partial charge in [0.25, 0.3) is 0 Å². The summed E-state index contributed by atoms with van der Waals surface area (Å²) in [5, 5.41) is 0. The predicted molar refractivity (Wildman–Crippen MR) is 182 cm³/mol. The Kier molecular flexibility index (Phi) is 15.1. The Morgan fingerprint density at radius 2 is 1.17 bits per heavy atom. The van der Waals surface area contributed by atoms with Gasteiger partial charge in [0.05, 0.1) is 25.7 Å². The van der Waals surface area contributed by atoms with Gasteiger partial charge in [0.15, 0.2) is 11.6 Å². The van der Waals surface area contributed by atoms with Crippen LogP contribution in [0.15, 0.2) is 78.9 Å². The van der Waals surface area contributed by atoms with E-state index in [9.17, 15) is 14.0 Å². The lowest BCUT2D eigenvalue weighted by molar-refractivity contribution is -0.130. The van der Waals surface area contributed by atoms with Crippen LogP contribution >= 0.6 is 0 Å². The Morgan fingerprint density at radius 1 is 0.708 bits per heavy atom. The molecule has 9 heteroatoms. The molecule has 0 bridgehead atoms. The largest absolute Gasteiger partial charge is 0.508 e. The summed E-state index contributed by atoms with van der Waals surface area (Å²) < 4.78 is 46.7. The van der Waals surface area contributed by atoms with Crippen LogP contribution in [-0.4, -0.2) is 45.2 Å². The molecule has 258 valence electrons. The van der Waals surface area contributed by atoms with Gasteiger partial charge in [-0.2, -0.15) is 0 Å². The lowest BCUT2D eigenvalue weighted by Gasteiger charge is -2.21. The Hall–Kier alpha value is -4.53. The molecule has 0 spiro atoms. The van der Waals surface area contributed by atoms with Crippen molar-refractivity contribution in [2.24, 2.45) is 5.92 Å². The van der Waals surface area contributed by atoms with Crippen molar-refractivity contribution in [3.63, 3.8) is 0 Å². The third kappa shape index (κ3) is 12.9. The highest BCUT2D eigenvalue weighted by Crippen LogP contribution is 2.28. The van der Waals surface area contributed by atoms with Gasteiger partial charge in [0, 0.05) is 5.57 Å². The van der Waals surface area contributed by atoms with Crippen molar-refractivity contribution >= 4 is 12.1 Å². The Labute approximate surface area is 283 Å². The molecule has 0 aromatic heterocycles. The lowest BCUT2D eigenvalue weighted by atomic mass is 10.1. The molecule has 1 saturated heterocycles. The molecule has 1 fully saturated rings. The van der Waals surface area contributed by atoms with Crippen molar-refractivity contribution in [3.05, 3.63) is 84.7 Å². The molecule has 0 aliphatic carbocycles. The van der Waals surface area contributed by atoms with Gasteiger partial charge in [-0.05, 0) is 79.4 Å². The number of esters is 1. The number of hydrogen-bond donors (Lipinski definition) is 0. The van der Waals surface area contributed by atoms with Crippen LogP contribution in [0.1, 0.15) is 71.1 Å². The Balaban J connectivity index is 0.950. The second-order valence-electron chi connectivity index (χ2n) is 12.1. The van der Waals surface area contributed by atoms with E-state index in [1.165, 1.54) is 64.0 Å². The highest BCUT2D eigenvalue weighted by Gasteiger charge is 2.21. The third-order valence-electron chi connectivity index (χ3n) is 7.93. The molecule has 8 nitrogen and oxygen atoms in total. The fourth-order valence-corrected chi connectivity index (χ4v) is 5.10. The molecule has 48 heavy (non-hydrogen) atoms. The van der Waals surface area contributed by atoms with Crippen molar-refractivity contribution in [2.45, 2.75) is 71.1 Å². The minimum absolute atomic E-state index is 0.0416. The second kappa shape index (κ2) is 20.0. The summed E-state index contributed by atoms with van der Waals surface area (Å²) in [6, 6.07) is 19.7. The number of benzene rings is 3. The minimum Gasteiger partial charge on any atom is -0.494 e. The number of ether oxygens (including phenoxy) is 6. The Bertz CT molecular complexity index is 1430. The smallest absolute Gasteiger partial charge is 0.494 e. The van der Waals surface area contributed by atoms with Crippen LogP contribution < -0.4 is 18.9 Å². The SMILES string of the molecule is C=C(C)C(=O)Oc1ccc(-c2ccc(OCCCCCCCCCCCCOc3ccc(OCC4COC(=O)OC4)cc3)cc2)cc1F. The summed E-state index contributed by atoms with van der Waals surface area (Å²) in [6.07, 6.45) is 11.3. The highest BCUT2D eigenvalue weighted by molar-refractivity contribution is 5.88. The molecule has 1 aliphatic heterocycles. The van der Waals surface area contributed by atoms with Crippen molar-refractivity contribution < 1.29 is 42.4 Å². The van der Waals surface area contributed by atoms with Crippen LogP contribution in [0.3, 0.4) is 0 Å². The zero-order chi connectivity index (χ0) is 34.0. The molecule has 0 radical (unpaired) electrons. The summed E-state index contributed by atoms with van der Waals surface area (Å²) in [5.41, 5.74) is 1.75. The standard InChI is InChI=1S/C39H47FO8/c1-29(2)38(41)48-37-22-15-32(25-36(37)40)31-13-16-33(17-14-31)43-23-11-9-7-5-3-4-6-8-10-12-24-44-34-18-20-35(21-19-34)45-26-30-27-46-39(42)47-28-30/h13-22,25,30H,1,3-12,23-24,26-28H2,2H3. The maximum absolute atomic E-state index is 14.4. The zero-order valence-corrected chi connectivity index (χ0v) is 27.9. The molecule has 0 saturated carbocycles. The van der Waals surface area contributed by atoms with E-state index in [4.69, 9.17) is 28.4 Å². The molecular formula is C39H47FO8. The predicted octanol–water partition coefficient (Wildman–Crippen LogP) is 9.49. The van der Waals surface area contributed by atoms with Crippen molar-refractivity contribution in [2.75, 3.05) is 33.0 Å². The van der Waals surface area contributed by atoms with Crippen molar-refractivity contribution in [3.8, 4) is 34.1 Å². The van der Waals surface area contributed by atoms with E-state index in [1.54, 1.807) is 6.07 Å². The van der Waals surface area contributed by atoms with Crippen LogP contribution in [0.5, 0.6) is 23.0 Å². The molecule has 3 aromatic carbocycles. The van der Waals surface area contributed by atoms with E-state index >= 15 is 0 Å². The first-order valence-corrected chi connectivity index (χ1v) is 16.9. The second-order valence-corrected chi connectivity index (χ2v) is 12.1. The lowest BCUT2D eigenvalue weighted by Crippen LogP contribution is -2.31. The highest BCUT2D eigenvalue weighted by atomic mass is 19.1. The van der Waals surface area contributed by atoms with Gasteiger partial charge in [-0.15, -0.1) is 0 Å². The number of carbonyl (C=O) groups excluding carboxylic acids is 2. The van der Waals surface area contributed by atoms with E-state index in [0.717, 1.165) is 42.1 Å². The van der Waals surface area contributed by atoms with Gasteiger partial charge in [-0.3, -0.25) is 0 Å². The quantitative estimate of drug-likeness (QED) is 0.0482. The molecule has 1 heterocycles. The molecule has 3 aromatic rings.